The molecule has 0 bridgehead atoms. The smallest absolute Gasteiger partial charge is 0.341 e. The van der Waals surface area contributed by atoms with E-state index < -0.39 is 5.97 Å². The molecule has 0 radical (unpaired) electrons. The highest BCUT2D eigenvalue weighted by atomic mass is 35.5. The van der Waals surface area contributed by atoms with E-state index in [4.69, 9.17) is 32.7 Å². The highest BCUT2D eigenvalue weighted by molar-refractivity contribution is 6.34. The number of aryl methyl sites for hydroxylation is 1. The van der Waals surface area contributed by atoms with Gasteiger partial charge in [-0.2, -0.15) is 0 Å². The van der Waals surface area contributed by atoms with E-state index in [2.05, 4.69) is 5.32 Å². The van der Waals surface area contributed by atoms with Crippen LogP contribution >= 0.6 is 23.2 Å². The summed E-state index contributed by atoms with van der Waals surface area (Å²) >= 11 is 12.0. The molecule has 0 spiro atoms. The van der Waals surface area contributed by atoms with Crippen molar-refractivity contribution in [1.82, 2.24) is 0 Å². The summed E-state index contributed by atoms with van der Waals surface area (Å²) in [5.41, 5.74) is 1.59. The number of hydrogen-bond acceptors (Lipinski definition) is 4. The first-order valence-electron chi connectivity index (χ1n) is 8.03. The van der Waals surface area contributed by atoms with Crippen LogP contribution in [0.25, 0.3) is 0 Å². The Labute approximate surface area is 162 Å². The molecule has 0 aromatic heterocycles. The fraction of sp³-hybridized carbons (Fsp3) is 0.263. The molecule has 2 aromatic carbocycles. The molecule has 0 aliphatic heterocycles. The Morgan fingerprint density at radius 3 is 2.42 bits per heavy atom. The van der Waals surface area contributed by atoms with Crippen LogP contribution in [-0.2, 0) is 16.0 Å². The van der Waals surface area contributed by atoms with Crippen LogP contribution in [0.2, 0.25) is 10.0 Å². The van der Waals surface area contributed by atoms with Gasteiger partial charge in [0.1, 0.15) is 11.3 Å². The summed E-state index contributed by atoms with van der Waals surface area (Å²) in [4.78, 5) is 24.1. The highest BCUT2D eigenvalue weighted by Crippen LogP contribution is 2.31. The predicted molar refractivity (Wildman–Crippen MR) is 102 cm³/mol. The number of benzene rings is 2. The number of amides is 1. The molecule has 1 amide bonds. The van der Waals surface area contributed by atoms with Crippen LogP contribution in [0.1, 0.15) is 29.3 Å². The lowest BCUT2D eigenvalue weighted by molar-refractivity contribution is -0.116. The van der Waals surface area contributed by atoms with E-state index in [1.807, 2.05) is 12.1 Å². The van der Waals surface area contributed by atoms with Gasteiger partial charge in [0.2, 0.25) is 5.91 Å². The first-order chi connectivity index (χ1) is 12.4. The van der Waals surface area contributed by atoms with Crippen LogP contribution in [0.5, 0.6) is 5.75 Å². The van der Waals surface area contributed by atoms with E-state index >= 15 is 0 Å². The van der Waals surface area contributed by atoms with E-state index in [1.165, 1.54) is 19.2 Å². The molecule has 2 aromatic rings. The third-order valence-electron chi connectivity index (χ3n) is 3.61. The van der Waals surface area contributed by atoms with Crippen molar-refractivity contribution < 1.29 is 19.1 Å². The zero-order chi connectivity index (χ0) is 19.1. The van der Waals surface area contributed by atoms with Gasteiger partial charge >= 0.3 is 5.97 Å². The Morgan fingerprint density at radius 1 is 1.12 bits per heavy atom. The molecular formula is C19H19Cl2NO4. The van der Waals surface area contributed by atoms with Gasteiger partial charge in [-0.05, 0) is 37.1 Å². The quantitative estimate of drug-likeness (QED) is 0.686. The number of carbonyl (C=O) groups excluding carboxylic acids is 2. The number of esters is 1. The minimum Gasteiger partial charge on any atom is -0.496 e. The van der Waals surface area contributed by atoms with E-state index in [1.54, 1.807) is 19.1 Å². The summed E-state index contributed by atoms with van der Waals surface area (Å²) in [6, 6.07) is 10.2. The van der Waals surface area contributed by atoms with Gasteiger partial charge in [0.05, 0.1) is 24.4 Å². The number of carbonyl (C=O) groups is 2. The average molecular weight is 396 g/mol. The lowest BCUT2D eigenvalue weighted by Crippen LogP contribution is -2.14. The van der Waals surface area contributed by atoms with E-state index in [0.717, 1.165) is 5.56 Å². The van der Waals surface area contributed by atoms with Gasteiger partial charge in [-0.25, -0.2) is 4.79 Å². The highest BCUT2D eigenvalue weighted by Gasteiger charge is 2.18. The van der Waals surface area contributed by atoms with Crippen LogP contribution in [-0.4, -0.2) is 25.6 Å². The van der Waals surface area contributed by atoms with Crippen molar-refractivity contribution in [3.63, 3.8) is 0 Å². The molecule has 0 fully saturated rings. The topological polar surface area (TPSA) is 64.6 Å². The number of ether oxygens (including phenoxy) is 2. The van der Waals surface area contributed by atoms with E-state index in [0.29, 0.717) is 17.1 Å². The molecule has 7 heteroatoms. The normalized spacial score (nSPS) is 10.3. The molecule has 0 aliphatic rings. The molecule has 2 rings (SSSR count). The van der Waals surface area contributed by atoms with E-state index in [9.17, 15) is 9.59 Å². The molecule has 0 saturated heterocycles. The minimum atomic E-state index is -0.535. The second-order valence-electron chi connectivity index (χ2n) is 5.43. The molecule has 0 heterocycles. The largest absolute Gasteiger partial charge is 0.496 e. The van der Waals surface area contributed by atoms with Crippen molar-refractivity contribution in [1.29, 1.82) is 0 Å². The SMILES string of the molecule is CCOC(=O)c1cc(Cl)c(NC(=O)CCc2ccc(Cl)cc2)cc1OC. The zero-order valence-corrected chi connectivity index (χ0v) is 16.0. The first kappa shape index (κ1) is 20.1. The molecule has 26 heavy (non-hydrogen) atoms. The molecule has 138 valence electrons. The summed E-state index contributed by atoms with van der Waals surface area (Å²) in [5, 5.41) is 3.62. The number of hydrogen-bond donors (Lipinski definition) is 1. The van der Waals surface area contributed by atoms with Gasteiger partial charge in [-0.1, -0.05) is 35.3 Å². The van der Waals surface area contributed by atoms with Crippen LogP contribution < -0.4 is 10.1 Å². The average Bonchev–Trinajstić information content (AvgIpc) is 2.62. The van der Waals surface area contributed by atoms with Gasteiger partial charge in [0, 0.05) is 17.5 Å². The van der Waals surface area contributed by atoms with Crippen LogP contribution in [0.3, 0.4) is 0 Å². The van der Waals surface area contributed by atoms with Gasteiger partial charge in [-0.3, -0.25) is 4.79 Å². The van der Waals surface area contributed by atoms with Gasteiger partial charge in [-0.15, -0.1) is 0 Å². The summed E-state index contributed by atoms with van der Waals surface area (Å²) in [5.74, 6) is -0.458. The van der Waals surface area contributed by atoms with Crippen LogP contribution in [0.4, 0.5) is 5.69 Å². The Kier molecular flexibility index (Phi) is 7.30. The monoisotopic (exact) mass is 395 g/mol. The Balaban J connectivity index is 2.07. The van der Waals surface area contributed by atoms with Crippen molar-refractivity contribution in [2.75, 3.05) is 19.0 Å². The summed E-state index contributed by atoms with van der Waals surface area (Å²) in [6.45, 7) is 1.95. The fourth-order valence-electron chi connectivity index (χ4n) is 2.31. The Morgan fingerprint density at radius 2 is 1.81 bits per heavy atom. The Hall–Kier alpha value is -2.24. The summed E-state index contributed by atoms with van der Waals surface area (Å²) < 4.78 is 10.2. The zero-order valence-electron chi connectivity index (χ0n) is 14.5. The standard InChI is InChI=1S/C19H19Cl2NO4/c1-3-26-19(24)14-10-15(21)16(11-17(14)25-2)22-18(23)9-6-12-4-7-13(20)8-5-12/h4-5,7-8,10-11H,3,6,9H2,1-2H3,(H,22,23). The van der Waals surface area contributed by atoms with Crippen molar-refractivity contribution in [2.45, 2.75) is 19.8 Å². The number of methoxy groups -OCH3 is 1. The van der Waals surface area contributed by atoms with Gasteiger partial charge < -0.3 is 14.8 Å². The molecule has 1 N–H and O–H groups in total. The maximum absolute atomic E-state index is 12.2. The third kappa shape index (κ3) is 5.38. The van der Waals surface area contributed by atoms with Crippen molar-refractivity contribution >= 4 is 40.8 Å². The first-order valence-corrected chi connectivity index (χ1v) is 8.79. The van der Waals surface area contributed by atoms with Gasteiger partial charge in [0.25, 0.3) is 0 Å². The maximum atomic E-state index is 12.2. The van der Waals surface area contributed by atoms with E-state index in [-0.39, 0.29) is 35.3 Å². The predicted octanol–water partition coefficient (Wildman–Crippen LogP) is 4.75. The number of halogens is 2. The van der Waals surface area contributed by atoms with Crippen molar-refractivity contribution in [3.05, 3.63) is 57.6 Å². The summed E-state index contributed by atoms with van der Waals surface area (Å²) in [7, 11) is 1.43. The maximum Gasteiger partial charge on any atom is 0.341 e. The minimum absolute atomic E-state index is 0.201. The molecule has 0 atom stereocenters. The molecule has 0 aliphatic carbocycles. The number of rotatable bonds is 7. The van der Waals surface area contributed by atoms with Crippen LogP contribution in [0, 0.1) is 0 Å². The second-order valence-corrected chi connectivity index (χ2v) is 6.27. The lowest BCUT2D eigenvalue weighted by atomic mass is 10.1. The van der Waals surface area contributed by atoms with Crippen molar-refractivity contribution in [3.8, 4) is 5.75 Å². The number of anilines is 1. The summed E-state index contributed by atoms with van der Waals surface area (Å²) in [6.07, 6.45) is 0.846. The molecular weight excluding hydrogens is 377 g/mol. The van der Waals surface area contributed by atoms with Crippen LogP contribution in [0.15, 0.2) is 36.4 Å². The second kappa shape index (κ2) is 9.46. The Bertz CT molecular complexity index is 791. The fourth-order valence-corrected chi connectivity index (χ4v) is 2.64. The van der Waals surface area contributed by atoms with Gasteiger partial charge in [0.15, 0.2) is 0 Å². The van der Waals surface area contributed by atoms with Crippen molar-refractivity contribution in [2.24, 2.45) is 0 Å². The molecule has 0 saturated carbocycles. The molecule has 0 unspecified atom stereocenters. The lowest BCUT2D eigenvalue weighted by Gasteiger charge is -2.13. The third-order valence-corrected chi connectivity index (χ3v) is 4.18. The molecule has 5 nitrogen and oxygen atoms in total. The number of nitrogens with one attached hydrogen (secondary N) is 1.